The van der Waals surface area contributed by atoms with Gasteiger partial charge in [0.25, 0.3) is 0 Å². The molecule has 4 nitrogen and oxygen atoms in total. The van der Waals surface area contributed by atoms with E-state index in [-0.39, 0.29) is 19.6 Å². The van der Waals surface area contributed by atoms with E-state index < -0.39 is 23.2 Å². The molecular weight excluding hydrogens is 201 g/mol. The van der Waals surface area contributed by atoms with Crippen molar-refractivity contribution in [1.82, 2.24) is 4.90 Å². The summed E-state index contributed by atoms with van der Waals surface area (Å²) in [6, 6.07) is 0. The van der Waals surface area contributed by atoms with E-state index in [1.807, 2.05) is 20.8 Å². The third-order valence-electron chi connectivity index (χ3n) is 3.35. The summed E-state index contributed by atoms with van der Waals surface area (Å²) in [5, 5.41) is 18.4. The second kappa shape index (κ2) is 3.63. The van der Waals surface area contributed by atoms with Crippen molar-refractivity contribution < 1.29 is 19.4 Å². The fraction of sp³-hybridized carbons (Fsp3) is 0.900. The molecule has 0 unspecified atom stereocenters. The molecule has 1 saturated heterocycles. The first-order valence-electron chi connectivity index (χ1n) is 5.00. The van der Waals surface area contributed by atoms with E-state index >= 15 is 0 Å². The second-order valence-electron chi connectivity index (χ2n) is 5.13. The van der Waals surface area contributed by atoms with Gasteiger partial charge in [-0.15, -0.1) is 0 Å². The molecule has 1 heterocycles. The van der Waals surface area contributed by atoms with E-state index in [1.54, 1.807) is 0 Å². The fourth-order valence-electron chi connectivity index (χ4n) is 2.27. The van der Waals surface area contributed by atoms with Crippen LogP contribution in [0.4, 0.5) is 9.18 Å². The Morgan fingerprint density at radius 3 is 2.40 bits per heavy atom. The molecule has 0 bridgehead atoms. The number of halogens is 1. The number of amides is 1. The number of carbonyl (C=O) groups is 1. The predicted octanol–water partition coefficient (Wildman–Crippen LogP) is 1.49. The van der Waals surface area contributed by atoms with Crippen LogP contribution in [0.3, 0.4) is 0 Å². The number of aliphatic hydroxyl groups excluding tert-OH is 1. The van der Waals surface area contributed by atoms with Gasteiger partial charge in [-0.2, -0.15) is 0 Å². The molecule has 0 radical (unpaired) electrons. The van der Waals surface area contributed by atoms with E-state index in [0.717, 1.165) is 4.90 Å². The lowest BCUT2D eigenvalue weighted by Gasteiger charge is -2.45. The molecule has 0 saturated carbocycles. The zero-order chi connectivity index (χ0) is 11.9. The van der Waals surface area contributed by atoms with Gasteiger partial charge in [0.1, 0.15) is 6.17 Å². The largest absolute Gasteiger partial charge is 0.465 e. The topological polar surface area (TPSA) is 60.8 Å². The Morgan fingerprint density at radius 2 is 2.13 bits per heavy atom. The second-order valence-corrected chi connectivity index (χ2v) is 5.13. The van der Waals surface area contributed by atoms with Crippen LogP contribution in [-0.2, 0) is 0 Å². The Bertz CT molecular complexity index is 264. The maximum absolute atomic E-state index is 13.3. The zero-order valence-electron chi connectivity index (χ0n) is 9.33. The maximum Gasteiger partial charge on any atom is 0.407 e. The van der Waals surface area contributed by atoms with Crippen molar-refractivity contribution >= 4 is 6.09 Å². The van der Waals surface area contributed by atoms with Crippen molar-refractivity contribution in [3.63, 3.8) is 0 Å². The van der Waals surface area contributed by atoms with Gasteiger partial charge in [0.05, 0.1) is 18.7 Å². The fourth-order valence-corrected chi connectivity index (χ4v) is 2.27. The third-order valence-corrected chi connectivity index (χ3v) is 3.35. The van der Waals surface area contributed by atoms with Crippen molar-refractivity contribution in [3.8, 4) is 0 Å². The molecule has 1 rings (SSSR count). The molecule has 88 valence electrons. The van der Waals surface area contributed by atoms with Crippen molar-refractivity contribution in [2.45, 2.75) is 38.9 Å². The van der Waals surface area contributed by atoms with Crippen LogP contribution in [0.5, 0.6) is 0 Å². The third kappa shape index (κ3) is 1.80. The predicted molar refractivity (Wildman–Crippen MR) is 53.5 cm³/mol. The zero-order valence-corrected chi connectivity index (χ0v) is 9.33. The summed E-state index contributed by atoms with van der Waals surface area (Å²) in [4.78, 5) is 12.1. The number of rotatable bonds is 1. The summed E-state index contributed by atoms with van der Waals surface area (Å²) in [5.74, 6) is 0. The molecule has 0 spiro atoms. The van der Waals surface area contributed by atoms with Gasteiger partial charge in [-0.3, -0.25) is 4.90 Å². The molecule has 15 heavy (non-hydrogen) atoms. The average Bonchev–Trinajstić information content (AvgIpc) is 2.42. The summed E-state index contributed by atoms with van der Waals surface area (Å²) >= 11 is 0. The first-order chi connectivity index (χ1) is 6.74. The number of carboxylic acid groups (broad SMARTS) is 1. The van der Waals surface area contributed by atoms with Crippen LogP contribution >= 0.6 is 0 Å². The Kier molecular flexibility index (Phi) is 2.96. The first-order valence-corrected chi connectivity index (χ1v) is 5.00. The van der Waals surface area contributed by atoms with Crippen LogP contribution in [0.2, 0.25) is 0 Å². The quantitative estimate of drug-likeness (QED) is 0.702. The van der Waals surface area contributed by atoms with Crippen LogP contribution in [0.25, 0.3) is 0 Å². The molecule has 0 aromatic heterocycles. The molecule has 0 aliphatic carbocycles. The lowest BCUT2D eigenvalue weighted by molar-refractivity contribution is -0.0117. The molecule has 0 aromatic carbocycles. The smallest absolute Gasteiger partial charge is 0.407 e. The highest BCUT2D eigenvalue weighted by Crippen LogP contribution is 2.44. The normalized spacial score (nSPS) is 32.1. The molecule has 1 aliphatic rings. The molecule has 1 fully saturated rings. The minimum absolute atomic E-state index is 0.0688. The number of likely N-dealkylation sites (tertiary alicyclic amines) is 1. The maximum atomic E-state index is 13.3. The van der Waals surface area contributed by atoms with Gasteiger partial charge in [0, 0.05) is 6.42 Å². The molecule has 2 atom stereocenters. The molecular formula is C10H18FNO3. The summed E-state index contributed by atoms with van der Waals surface area (Å²) in [7, 11) is 0. The monoisotopic (exact) mass is 219 g/mol. The van der Waals surface area contributed by atoms with Crippen molar-refractivity contribution in [1.29, 1.82) is 0 Å². The number of aliphatic hydroxyl groups is 1. The van der Waals surface area contributed by atoms with E-state index in [1.165, 1.54) is 0 Å². The van der Waals surface area contributed by atoms with Crippen molar-refractivity contribution in [2.24, 2.45) is 5.41 Å². The van der Waals surface area contributed by atoms with E-state index in [2.05, 4.69) is 0 Å². The average molecular weight is 219 g/mol. The van der Waals surface area contributed by atoms with Crippen molar-refractivity contribution in [3.05, 3.63) is 0 Å². The van der Waals surface area contributed by atoms with Gasteiger partial charge in [0.15, 0.2) is 0 Å². The summed E-state index contributed by atoms with van der Waals surface area (Å²) in [5.41, 5.74) is -1.49. The van der Waals surface area contributed by atoms with Gasteiger partial charge in [-0.05, 0) is 5.41 Å². The molecule has 5 heteroatoms. The Balaban J connectivity index is 3.11. The Labute approximate surface area is 88.7 Å². The van der Waals surface area contributed by atoms with Crippen LogP contribution < -0.4 is 0 Å². The summed E-state index contributed by atoms with van der Waals surface area (Å²) < 4.78 is 13.3. The van der Waals surface area contributed by atoms with Crippen LogP contribution in [0.15, 0.2) is 0 Å². The highest BCUT2D eigenvalue weighted by atomic mass is 19.1. The summed E-state index contributed by atoms with van der Waals surface area (Å²) in [6.45, 7) is 4.96. The van der Waals surface area contributed by atoms with Crippen LogP contribution in [-0.4, -0.2) is 46.1 Å². The number of alkyl halides is 1. The molecule has 2 N–H and O–H groups in total. The minimum atomic E-state index is -1.19. The van der Waals surface area contributed by atoms with Gasteiger partial charge in [0.2, 0.25) is 0 Å². The highest BCUT2D eigenvalue weighted by molar-refractivity contribution is 5.67. The highest BCUT2D eigenvalue weighted by Gasteiger charge is 2.54. The first kappa shape index (κ1) is 12.2. The molecule has 1 amide bonds. The lowest BCUT2D eigenvalue weighted by Crippen LogP contribution is -2.57. The summed E-state index contributed by atoms with van der Waals surface area (Å²) in [6.07, 6.45) is -2.29. The van der Waals surface area contributed by atoms with Gasteiger partial charge >= 0.3 is 6.09 Å². The SMILES string of the molecule is CC(C)(C)[C@]1(CO)C[C@@H](F)CN1C(=O)O. The van der Waals surface area contributed by atoms with Crippen molar-refractivity contribution in [2.75, 3.05) is 13.2 Å². The Hall–Kier alpha value is -0.840. The van der Waals surface area contributed by atoms with Gasteiger partial charge in [-0.1, -0.05) is 20.8 Å². The van der Waals surface area contributed by atoms with E-state index in [4.69, 9.17) is 5.11 Å². The number of nitrogens with zero attached hydrogens (tertiary/aromatic N) is 1. The minimum Gasteiger partial charge on any atom is -0.465 e. The molecule has 1 aliphatic heterocycles. The number of hydrogen-bond donors (Lipinski definition) is 2. The van der Waals surface area contributed by atoms with Gasteiger partial charge < -0.3 is 10.2 Å². The number of hydrogen-bond acceptors (Lipinski definition) is 2. The Morgan fingerprint density at radius 1 is 1.60 bits per heavy atom. The molecule has 0 aromatic rings. The van der Waals surface area contributed by atoms with Crippen LogP contribution in [0.1, 0.15) is 27.2 Å². The van der Waals surface area contributed by atoms with E-state index in [9.17, 15) is 14.3 Å². The van der Waals surface area contributed by atoms with Crippen LogP contribution in [0, 0.1) is 5.41 Å². The van der Waals surface area contributed by atoms with Gasteiger partial charge in [-0.25, -0.2) is 9.18 Å². The standard InChI is InChI=1S/C10H18FNO3/c1-9(2,3)10(6-13)4-7(11)5-12(10)8(14)15/h7,13H,4-6H2,1-3H3,(H,14,15)/t7-,10-/m1/s1. The lowest BCUT2D eigenvalue weighted by atomic mass is 9.72. The van der Waals surface area contributed by atoms with E-state index in [0.29, 0.717) is 0 Å².